The van der Waals surface area contributed by atoms with Gasteiger partial charge in [0.2, 0.25) is 5.78 Å². The Bertz CT molecular complexity index is 147. The molecule has 0 aromatic carbocycles. The summed E-state index contributed by atoms with van der Waals surface area (Å²) in [5.41, 5.74) is 7.59. The van der Waals surface area contributed by atoms with E-state index in [0.717, 1.165) is 6.29 Å². The molecule has 0 fully saturated rings. The van der Waals surface area contributed by atoms with E-state index in [1.807, 2.05) is 0 Å². The Balaban J connectivity index is 3.55. The number of hydrogen-bond acceptors (Lipinski definition) is 3. The second-order valence-electron chi connectivity index (χ2n) is 0.914. The normalized spacial score (nSPS) is 7.00. The molecule has 0 spiro atoms. The molecule has 0 heterocycles. The van der Waals surface area contributed by atoms with Gasteiger partial charge in [0.15, 0.2) is 0 Å². The lowest BCUT2D eigenvalue weighted by atomic mass is 10.5. The van der Waals surface area contributed by atoms with E-state index in [4.69, 9.17) is 5.53 Å². The zero-order chi connectivity index (χ0) is 6.41. The number of nitrogens with zero attached hydrogens (tertiary/aromatic N) is 3. The predicted molar refractivity (Wildman–Crippen MR) is 24.7 cm³/mol. The van der Waals surface area contributed by atoms with E-state index < -0.39 is 12.3 Å². The third-order valence-electron chi connectivity index (χ3n) is 0.391. The van der Waals surface area contributed by atoms with Crippen molar-refractivity contribution in [3.63, 3.8) is 0 Å². The van der Waals surface area contributed by atoms with E-state index in [9.17, 15) is 9.59 Å². The number of azide groups is 1. The lowest BCUT2D eigenvalue weighted by molar-refractivity contribution is -0.111. The number of carbonyl (C=O) groups is 1. The molecular formula is C3H2N3O2. The summed E-state index contributed by atoms with van der Waals surface area (Å²) in [4.78, 5) is 21.5. The molecule has 0 saturated heterocycles. The monoisotopic (exact) mass is 112 g/mol. The van der Waals surface area contributed by atoms with E-state index >= 15 is 0 Å². The first kappa shape index (κ1) is 6.65. The van der Waals surface area contributed by atoms with E-state index in [-0.39, 0.29) is 0 Å². The zero-order valence-electron chi connectivity index (χ0n) is 3.87. The van der Waals surface area contributed by atoms with E-state index in [1.54, 1.807) is 0 Å². The van der Waals surface area contributed by atoms with Gasteiger partial charge in [0.1, 0.15) is 0 Å². The standard InChI is InChI=1S/C3H2N3O2/c4-6-5-1-3(8)2-7/h1H2. The Hall–Kier alpha value is -1.35. The maximum absolute atomic E-state index is 9.88. The Morgan fingerprint density at radius 1 is 1.88 bits per heavy atom. The summed E-state index contributed by atoms with van der Waals surface area (Å²) in [7, 11) is 0. The van der Waals surface area contributed by atoms with Gasteiger partial charge in [0, 0.05) is 4.91 Å². The summed E-state index contributed by atoms with van der Waals surface area (Å²) in [6, 6.07) is 0. The molecule has 0 atom stereocenters. The Morgan fingerprint density at radius 2 is 2.50 bits per heavy atom. The third kappa shape index (κ3) is 2.87. The highest BCUT2D eigenvalue weighted by Crippen LogP contribution is 1.69. The minimum atomic E-state index is -0.831. The zero-order valence-corrected chi connectivity index (χ0v) is 3.87. The minimum Gasteiger partial charge on any atom is -0.290 e. The molecule has 0 aliphatic carbocycles. The van der Waals surface area contributed by atoms with Crippen molar-refractivity contribution in [2.24, 2.45) is 5.11 Å². The average molecular weight is 112 g/mol. The largest absolute Gasteiger partial charge is 0.290 e. The van der Waals surface area contributed by atoms with Crippen LogP contribution in [-0.2, 0) is 9.59 Å². The van der Waals surface area contributed by atoms with Crippen molar-refractivity contribution < 1.29 is 9.59 Å². The molecular weight excluding hydrogens is 110 g/mol. The van der Waals surface area contributed by atoms with Crippen LogP contribution in [0.25, 0.3) is 10.4 Å². The topological polar surface area (TPSA) is 82.9 Å². The van der Waals surface area contributed by atoms with Gasteiger partial charge < -0.3 is 0 Å². The maximum atomic E-state index is 9.88. The Kier molecular flexibility index (Phi) is 3.18. The first-order valence-corrected chi connectivity index (χ1v) is 1.73. The summed E-state index contributed by atoms with van der Waals surface area (Å²) >= 11 is 0. The molecule has 0 saturated carbocycles. The van der Waals surface area contributed by atoms with Gasteiger partial charge in [-0.15, -0.1) is 0 Å². The average Bonchev–Trinajstić information content (AvgIpc) is 1.83. The van der Waals surface area contributed by atoms with Gasteiger partial charge in [-0.05, 0) is 5.53 Å². The molecule has 0 rings (SSSR count). The number of rotatable bonds is 3. The van der Waals surface area contributed by atoms with Gasteiger partial charge in [0.25, 0.3) is 6.29 Å². The highest BCUT2D eigenvalue weighted by Gasteiger charge is 1.93. The molecule has 0 N–H and O–H groups in total. The predicted octanol–water partition coefficient (Wildman–Crippen LogP) is -0.0245. The molecule has 1 radical (unpaired) electrons. The van der Waals surface area contributed by atoms with Crippen LogP contribution in [0.15, 0.2) is 5.11 Å². The lowest BCUT2D eigenvalue weighted by Crippen LogP contribution is -2.01. The molecule has 5 heteroatoms. The second-order valence-corrected chi connectivity index (χ2v) is 0.914. The van der Waals surface area contributed by atoms with Crippen molar-refractivity contribution in [1.29, 1.82) is 0 Å². The molecule has 5 nitrogen and oxygen atoms in total. The molecule has 0 bridgehead atoms. The lowest BCUT2D eigenvalue weighted by Gasteiger charge is -1.72. The van der Waals surface area contributed by atoms with Crippen LogP contribution in [0.4, 0.5) is 0 Å². The SMILES string of the molecule is [N-]=[N+]=NCC(=O)[C]=O. The van der Waals surface area contributed by atoms with Gasteiger partial charge in [-0.25, -0.2) is 0 Å². The molecule has 8 heavy (non-hydrogen) atoms. The first-order chi connectivity index (χ1) is 3.81. The number of carbonyl (C=O) groups excluding carboxylic acids is 2. The molecule has 0 aromatic heterocycles. The van der Waals surface area contributed by atoms with Gasteiger partial charge in [-0.2, -0.15) is 0 Å². The fraction of sp³-hybridized carbons (Fsp3) is 0.333. The minimum absolute atomic E-state index is 0.431. The van der Waals surface area contributed by atoms with Crippen molar-refractivity contribution in [3.8, 4) is 0 Å². The summed E-state index contributed by atoms with van der Waals surface area (Å²) in [5.74, 6) is -0.831. The summed E-state index contributed by atoms with van der Waals surface area (Å²) in [6.07, 6.45) is 1.05. The van der Waals surface area contributed by atoms with Crippen LogP contribution in [0, 0.1) is 0 Å². The van der Waals surface area contributed by atoms with Gasteiger partial charge in [-0.1, -0.05) is 5.11 Å². The highest BCUT2D eigenvalue weighted by molar-refractivity contribution is 6.26. The van der Waals surface area contributed by atoms with Crippen molar-refractivity contribution in [3.05, 3.63) is 10.4 Å². The smallest absolute Gasteiger partial charge is 0.272 e. The van der Waals surface area contributed by atoms with Crippen LogP contribution in [-0.4, -0.2) is 18.6 Å². The quantitative estimate of drug-likeness (QED) is 0.222. The maximum Gasteiger partial charge on any atom is 0.272 e. The van der Waals surface area contributed by atoms with Crippen molar-refractivity contribution in [2.45, 2.75) is 0 Å². The molecule has 41 valence electrons. The van der Waals surface area contributed by atoms with Gasteiger partial charge in [0.05, 0.1) is 6.54 Å². The summed E-state index contributed by atoms with van der Waals surface area (Å²) in [5, 5.41) is 2.81. The molecule has 0 amide bonds. The van der Waals surface area contributed by atoms with Gasteiger partial charge in [-0.3, -0.25) is 9.59 Å². The van der Waals surface area contributed by atoms with Crippen LogP contribution in [0.1, 0.15) is 0 Å². The van der Waals surface area contributed by atoms with E-state index in [1.165, 1.54) is 0 Å². The molecule has 0 unspecified atom stereocenters. The summed E-state index contributed by atoms with van der Waals surface area (Å²) in [6.45, 7) is -0.431. The van der Waals surface area contributed by atoms with E-state index in [0.29, 0.717) is 0 Å². The van der Waals surface area contributed by atoms with Gasteiger partial charge >= 0.3 is 0 Å². The van der Waals surface area contributed by atoms with Crippen LogP contribution in [0.2, 0.25) is 0 Å². The van der Waals surface area contributed by atoms with E-state index in [2.05, 4.69) is 10.0 Å². The first-order valence-electron chi connectivity index (χ1n) is 1.73. The van der Waals surface area contributed by atoms with Crippen LogP contribution >= 0.6 is 0 Å². The fourth-order valence-corrected chi connectivity index (χ4v) is 0.128. The van der Waals surface area contributed by atoms with Crippen LogP contribution in [0.5, 0.6) is 0 Å². The van der Waals surface area contributed by atoms with Crippen LogP contribution < -0.4 is 0 Å². The van der Waals surface area contributed by atoms with Crippen molar-refractivity contribution in [1.82, 2.24) is 0 Å². The summed E-state index contributed by atoms with van der Waals surface area (Å²) < 4.78 is 0. The number of Topliss-reactive ketones (excluding diaryl/α,β-unsaturated/α-hetero) is 1. The van der Waals surface area contributed by atoms with Crippen molar-refractivity contribution >= 4 is 12.1 Å². The van der Waals surface area contributed by atoms with Crippen molar-refractivity contribution in [2.75, 3.05) is 6.54 Å². The van der Waals surface area contributed by atoms with Crippen LogP contribution in [0.3, 0.4) is 0 Å². The molecule has 0 aliphatic heterocycles. The fourth-order valence-electron chi connectivity index (χ4n) is 0.128. The highest BCUT2D eigenvalue weighted by atomic mass is 16.2. The number of ketones is 1. The Labute approximate surface area is 44.9 Å². The number of hydrogen-bond donors (Lipinski definition) is 0. The molecule has 0 aliphatic rings. The Morgan fingerprint density at radius 3 is 2.88 bits per heavy atom. The molecule has 0 aromatic rings. The third-order valence-corrected chi connectivity index (χ3v) is 0.391. The second kappa shape index (κ2) is 3.83.